The van der Waals surface area contributed by atoms with Crippen molar-refractivity contribution >= 4 is 44.6 Å². The van der Waals surface area contributed by atoms with Gasteiger partial charge < -0.3 is 5.32 Å². The Hall–Kier alpha value is -0.510. The van der Waals surface area contributed by atoms with Gasteiger partial charge in [-0.3, -0.25) is 0 Å². The lowest BCUT2D eigenvalue weighted by Crippen LogP contribution is -1.99. The summed E-state index contributed by atoms with van der Waals surface area (Å²) in [6.45, 7) is 2.90. The first-order valence-electron chi connectivity index (χ1n) is 4.88. The number of aryl methyl sites for hydroxylation is 1. The van der Waals surface area contributed by atoms with E-state index in [4.69, 9.17) is 11.6 Å². The zero-order chi connectivity index (χ0) is 11.5. The fourth-order valence-corrected chi connectivity index (χ4v) is 2.98. The van der Waals surface area contributed by atoms with Crippen molar-refractivity contribution in [3.8, 4) is 0 Å². The number of hydrogen-bond donors (Lipinski definition) is 1. The van der Waals surface area contributed by atoms with Crippen LogP contribution in [0, 0.1) is 6.92 Å². The van der Waals surface area contributed by atoms with Crippen LogP contribution in [0.4, 0.5) is 5.69 Å². The second-order valence-corrected chi connectivity index (χ2v) is 5.89. The standard InChI is InChI=1S/C12H11BrClNS/c1-8-2-3-10(14)5-12(8)15-6-11-4-9(13)7-16-11/h2-5,7,15H,6H2,1H3. The molecule has 1 aromatic heterocycles. The van der Waals surface area contributed by atoms with Gasteiger partial charge in [-0.25, -0.2) is 0 Å². The van der Waals surface area contributed by atoms with Crippen LogP contribution in [0.15, 0.2) is 34.1 Å². The van der Waals surface area contributed by atoms with Crippen LogP contribution in [-0.4, -0.2) is 0 Å². The summed E-state index contributed by atoms with van der Waals surface area (Å²) < 4.78 is 1.14. The number of anilines is 1. The van der Waals surface area contributed by atoms with E-state index >= 15 is 0 Å². The second-order valence-electron chi connectivity index (χ2n) is 3.54. The summed E-state index contributed by atoms with van der Waals surface area (Å²) in [5.74, 6) is 0. The van der Waals surface area contributed by atoms with Gasteiger partial charge in [0.25, 0.3) is 0 Å². The van der Waals surface area contributed by atoms with E-state index in [-0.39, 0.29) is 0 Å². The minimum atomic E-state index is 0.764. The van der Waals surface area contributed by atoms with Crippen LogP contribution in [0.25, 0.3) is 0 Å². The van der Waals surface area contributed by atoms with Gasteiger partial charge in [-0.15, -0.1) is 11.3 Å². The maximum Gasteiger partial charge on any atom is 0.0494 e. The Morgan fingerprint density at radius 1 is 1.38 bits per heavy atom. The van der Waals surface area contributed by atoms with Gasteiger partial charge in [0.2, 0.25) is 0 Å². The van der Waals surface area contributed by atoms with E-state index in [0.29, 0.717) is 0 Å². The van der Waals surface area contributed by atoms with Crippen molar-refractivity contribution in [3.05, 3.63) is 49.6 Å². The molecule has 0 unspecified atom stereocenters. The number of nitrogens with one attached hydrogen (secondary N) is 1. The topological polar surface area (TPSA) is 12.0 Å². The van der Waals surface area contributed by atoms with Crippen molar-refractivity contribution in [1.82, 2.24) is 0 Å². The van der Waals surface area contributed by atoms with Crippen LogP contribution in [0.1, 0.15) is 10.4 Å². The quantitative estimate of drug-likeness (QED) is 0.832. The molecule has 0 bridgehead atoms. The van der Waals surface area contributed by atoms with Gasteiger partial charge in [0.1, 0.15) is 0 Å². The van der Waals surface area contributed by atoms with Crippen LogP contribution >= 0.6 is 38.9 Å². The largest absolute Gasteiger partial charge is 0.380 e. The summed E-state index contributed by atoms with van der Waals surface area (Å²) >= 11 is 11.1. The number of rotatable bonds is 3. The van der Waals surface area contributed by atoms with Gasteiger partial charge in [0, 0.05) is 32.0 Å². The molecule has 1 aromatic carbocycles. The molecule has 1 nitrogen and oxygen atoms in total. The maximum atomic E-state index is 5.96. The molecule has 16 heavy (non-hydrogen) atoms. The predicted octanol–water partition coefficient (Wildman–Crippen LogP) is 5.08. The molecule has 0 amide bonds. The molecule has 0 aliphatic heterocycles. The Labute approximate surface area is 113 Å². The summed E-state index contributed by atoms with van der Waals surface area (Å²) in [6.07, 6.45) is 0. The minimum Gasteiger partial charge on any atom is -0.380 e. The van der Waals surface area contributed by atoms with Crippen molar-refractivity contribution < 1.29 is 0 Å². The molecule has 0 radical (unpaired) electrons. The summed E-state index contributed by atoms with van der Waals surface area (Å²) in [7, 11) is 0. The van der Waals surface area contributed by atoms with Crippen molar-refractivity contribution in [2.24, 2.45) is 0 Å². The highest BCUT2D eigenvalue weighted by Gasteiger charge is 2.01. The van der Waals surface area contributed by atoms with E-state index in [0.717, 1.165) is 21.7 Å². The summed E-state index contributed by atoms with van der Waals surface area (Å²) in [4.78, 5) is 1.30. The molecule has 84 valence electrons. The lowest BCUT2D eigenvalue weighted by molar-refractivity contribution is 1.18. The molecule has 2 rings (SSSR count). The summed E-state index contributed by atoms with van der Waals surface area (Å²) in [6, 6.07) is 8.01. The first kappa shape index (κ1) is 12.0. The molecular weight excluding hydrogens is 306 g/mol. The van der Waals surface area contributed by atoms with Gasteiger partial charge in [-0.2, -0.15) is 0 Å². The molecule has 0 saturated carbocycles. The lowest BCUT2D eigenvalue weighted by atomic mass is 10.2. The molecule has 4 heteroatoms. The van der Waals surface area contributed by atoms with E-state index < -0.39 is 0 Å². The van der Waals surface area contributed by atoms with Crippen molar-refractivity contribution in [2.75, 3.05) is 5.32 Å². The Morgan fingerprint density at radius 2 is 2.19 bits per heavy atom. The molecule has 0 fully saturated rings. The number of hydrogen-bond acceptors (Lipinski definition) is 2. The van der Waals surface area contributed by atoms with Gasteiger partial charge in [0.15, 0.2) is 0 Å². The van der Waals surface area contributed by atoms with Gasteiger partial charge in [0.05, 0.1) is 0 Å². The molecule has 0 saturated heterocycles. The third-order valence-corrected chi connectivity index (χ3v) is 4.21. The lowest BCUT2D eigenvalue weighted by Gasteiger charge is -2.08. The Kier molecular flexibility index (Phi) is 3.90. The summed E-state index contributed by atoms with van der Waals surface area (Å²) in [5, 5.41) is 6.24. The Bertz CT molecular complexity index is 496. The third kappa shape index (κ3) is 3.00. The monoisotopic (exact) mass is 315 g/mol. The molecule has 0 aliphatic carbocycles. The van der Waals surface area contributed by atoms with Crippen molar-refractivity contribution in [2.45, 2.75) is 13.5 Å². The maximum absolute atomic E-state index is 5.96. The predicted molar refractivity (Wildman–Crippen MR) is 75.5 cm³/mol. The molecule has 0 spiro atoms. The van der Waals surface area contributed by atoms with Crippen LogP contribution < -0.4 is 5.32 Å². The smallest absolute Gasteiger partial charge is 0.0494 e. The highest BCUT2D eigenvalue weighted by atomic mass is 79.9. The SMILES string of the molecule is Cc1ccc(Cl)cc1NCc1cc(Br)cs1. The van der Waals surface area contributed by atoms with Crippen LogP contribution in [-0.2, 0) is 6.54 Å². The van der Waals surface area contributed by atoms with Crippen molar-refractivity contribution in [3.63, 3.8) is 0 Å². The highest BCUT2D eigenvalue weighted by Crippen LogP contribution is 2.23. The van der Waals surface area contributed by atoms with Crippen LogP contribution in [0.2, 0.25) is 5.02 Å². The fourth-order valence-electron chi connectivity index (χ4n) is 1.41. The minimum absolute atomic E-state index is 0.764. The van der Waals surface area contributed by atoms with E-state index in [1.807, 2.05) is 18.2 Å². The third-order valence-electron chi connectivity index (χ3n) is 2.27. The Morgan fingerprint density at radius 3 is 2.88 bits per heavy atom. The molecule has 0 atom stereocenters. The van der Waals surface area contributed by atoms with E-state index in [9.17, 15) is 0 Å². The fraction of sp³-hybridized carbons (Fsp3) is 0.167. The average Bonchev–Trinajstić information content (AvgIpc) is 2.66. The first-order chi connectivity index (χ1) is 7.65. The van der Waals surface area contributed by atoms with Crippen LogP contribution in [0.5, 0.6) is 0 Å². The number of benzene rings is 1. The van der Waals surface area contributed by atoms with E-state index in [1.165, 1.54) is 10.4 Å². The van der Waals surface area contributed by atoms with Gasteiger partial charge in [-0.1, -0.05) is 17.7 Å². The zero-order valence-electron chi connectivity index (χ0n) is 8.76. The van der Waals surface area contributed by atoms with E-state index in [2.05, 4.69) is 39.6 Å². The van der Waals surface area contributed by atoms with E-state index in [1.54, 1.807) is 11.3 Å². The average molecular weight is 317 g/mol. The van der Waals surface area contributed by atoms with Crippen molar-refractivity contribution in [1.29, 1.82) is 0 Å². The van der Waals surface area contributed by atoms with Gasteiger partial charge >= 0.3 is 0 Å². The number of halogens is 2. The second kappa shape index (κ2) is 5.21. The van der Waals surface area contributed by atoms with Gasteiger partial charge in [-0.05, 0) is 46.6 Å². The normalized spacial score (nSPS) is 10.4. The first-order valence-corrected chi connectivity index (χ1v) is 6.93. The summed E-state index contributed by atoms with van der Waals surface area (Å²) in [5.41, 5.74) is 2.30. The zero-order valence-corrected chi connectivity index (χ0v) is 11.9. The molecule has 1 N–H and O–H groups in total. The molecule has 0 aliphatic rings. The molecule has 1 heterocycles. The number of thiophene rings is 1. The Balaban J connectivity index is 2.07. The van der Waals surface area contributed by atoms with Crippen LogP contribution in [0.3, 0.4) is 0 Å². The molecular formula is C12H11BrClNS. The molecule has 2 aromatic rings. The highest BCUT2D eigenvalue weighted by molar-refractivity contribution is 9.10.